The van der Waals surface area contributed by atoms with Crippen LogP contribution in [0.3, 0.4) is 0 Å². The first kappa shape index (κ1) is 20.6. The monoisotopic (exact) mass is 437 g/mol. The molecule has 0 bridgehead atoms. The van der Waals surface area contributed by atoms with Crippen LogP contribution in [0, 0.1) is 0 Å². The maximum Gasteiger partial charge on any atom is 0.227 e. The second-order valence-corrected chi connectivity index (χ2v) is 7.78. The van der Waals surface area contributed by atoms with Gasteiger partial charge in [-0.15, -0.1) is 0 Å². The molecule has 0 radical (unpaired) electrons. The summed E-state index contributed by atoms with van der Waals surface area (Å²) in [5.41, 5.74) is 5.65. The second kappa shape index (κ2) is 9.08. The van der Waals surface area contributed by atoms with Crippen LogP contribution < -0.4 is 5.32 Å². The van der Waals surface area contributed by atoms with Crippen molar-refractivity contribution in [3.63, 3.8) is 0 Å². The molecule has 5 aromatic rings. The molecule has 0 atom stereocenters. The highest BCUT2D eigenvalue weighted by molar-refractivity contribution is 5.91. The number of hydrogen-bond donors (Lipinski definition) is 1. The second-order valence-electron chi connectivity index (χ2n) is 7.78. The molecule has 0 unspecified atom stereocenters. The summed E-state index contributed by atoms with van der Waals surface area (Å²) in [5.74, 6) is 0.875. The molecule has 1 amide bonds. The summed E-state index contributed by atoms with van der Waals surface area (Å²) in [5, 5.41) is 6.95. The predicted molar refractivity (Wildman–Crippen MR) is 127 cm³/mol. The Morgan fingerprint density at radius 3 is 2.52 bits per heavy atom. The average molecular weight is 438 g/mol. The summed E-state index contributed by atoms with van der Waals surface area (Å²) in [6.45, 7) is 2.11. The SMILES string of the molecule is CCc1ccc(-c2noc(CCC(=O)Nc3ccc(-c4cn5ccccc5n4)cc3)n2)cc1. The number of carbonyl (C=O) groups excluding carboxylic acids is 1. The summed E-state index contributed by atoms with van der Waals surface area (Å²) < 4.78 is 7.30. The van der Waals surface area contributed by atoms with Crippen molar-refractivity contribution in [3.05, 3.63) is 90.6 Å². The van der Waals surface area contributed by atoms with Gasteiger partial charge in [-0.05, 0) is 36.2 Å². The van der Waals surface area contributed by atoms with Crippen LogP contribution in [0.2, 0.25) is 0 Å². The van der Waals surface area contributed by atoms with Crippen LogP contribution in [-0.4, -0.2) is 25.4 Å². The highest BCUT2D eigenvalue weighted by atomic mass is 16.5. The van der Waals surface area contributed by atoms with Gasteiger partial charge in [-0.2, -0.15) is 4.98 Å². The quantitative estimate of drug-likeness (QED) is 0.379. The third-order valence-electron chi connectivity index (χ3n) is 5.48. The molecule has 0 aliphatic rings. The van der Waals surface area contributed by atoms with Crippen molar-refractivity contribution in [2.24, 2.45) is 0 Å². The standard InChI is InChI=1S/C26H23N5O2/c1-2-18-6-8-20(9-7-18)26-29-25(33-30-26)15-14-24(32)27-21-12-10-19(11-13-21)22-17-31-16-4-3-5-23(31)28-22/h3-13,16-17H,2,14-15H2,1H3,(H,27,32). The molecule has 33 heavy (non-hydrogen) atoms. The number of aromatic nitrogens is 4. The Bertz CT molecular complexity index is 1350. The van der Waals surface area contributed by atoms with Crippen LogP contribution in [0.4, 0.5) is 5.69 Å². The van der Waals surface area contributed by atoms with Gasteiger partial charge in [0.15, 0.2) is 0 Å². The molecule has 1 N–H and O–H groups in total. The summed E-state index contributed by atoms with van der Waals surface area (Å²) in [4.78, 5) is 21.4. The number of fused-ring (bicyclic) bond motifs is 1. The van der Waals surface area contributed by atoms with E-state index in [0.717, 1.165) is 34.6 Å². The number of rotatable bonds is 7. The lowest BCUT2D eigenvalue weighted by Crippen LogP contribution is -2.12. The molecule has 7 nitrogen and oxygen atoms in total. The molecule has 0 saturated heterocycles. The van der Waals surface area contributed by atoms with Crippen molar-refractivity contribution in [2.75, 3.05) is 5.32 Å². The molecule has 0 fully saturated rings. The summed E-state index contributed by atoms with van der Waals surface area (Å²) in [6, 6.07) is 21.6. The molecule has 3 heterocycles. The number of carbonyl (C=O) groups is 1. The Labute approximate surface area is 191 Å². The third kappa shape index (κ3) is 4.67. The molecule has 0 saturated carbocycles. The Morgan fingerprint density at radius 2 is 1.76 bits per heavy atom. The van der Waals surface area contributed by atoms with Crippen molar-refractivity contribution >= 4 is 17.2 Å². The number of aryl methyl sites for hydroxylation is 2. The van der Waals surface area contributed by atoms with Gasteiger partial charge in [0.2, 0.25) is 17.6 Å². The van der Waals surface area contributed by atoms with E-state index in [9.17, 15) is 4.79 Å². The minimum Gasteiger partial charge on any atom is -0.339 e. The summed E-state index contributed by atoms with van der Waals surface area (Å²) >= 11 is 0. The predicted octanol–water partition coefficient (Wildman–Crippen LogP) is 5.19. The van der Waals surface area contributed by atoms with E-state index in [4.69, 9.17) is 4.52 Å². The first-order valence-corrected chi connectivity index (χ1v) is 10.9. The van der Waals surface area contributed by atoms with E-state index in [1.165, 1.54) is 5.56 Å². The molecule has 0 aliphatic heterocycles. The topological polar surface area (TPSA) is 85.3 Å². The van der Waals surface area contributed by atoms with Crippen molar-refractivity contribution in [1.82, 2.24) is 19.5 Å². The average Bonchev–Trinajstić information content (AvgIpc) is 3.51. The number of anilines is 1. The van der Waals surface area contributed by atoms with Gasteiger partial charge < -0.3 is 14.2 Å². The molecule has 0 aliphatic carbocycles. The van der Waals surface area contributed by atoms with Gasteiger partial charge in [0.05, 0.1) is 5.69 Å². The maximum atomic E-state index is 12.4. The lowest BCUT2D eigenvalue weighted by Gasteiger charge is -2.05. The van der Waals surface area contributed by atoms with E-state index in [0.29, 0.717) is 18.1 Å². The number of benzene rings is 2. The van der Waals surface area contributed by atoms with Crippen LogP contribution in [0.25, 0.3) is 28.3 Å². The van der Waals surface area contributed by atoms with Crippen LogP contribution in [0.5, 0.6) is 0 Å². The highest BCUT2D eigenvalue weighted by Gasteiger charge is 2.11. The van der Waals surface area contributed by atoms with E-state index in [1.807, 2.05) is 71.4 Å². The minimum absolute atomic E-state index is 0.109. The van der Waals surface area contributed by atoms with Gasteiger partial charge in [0.25, 0.3) is 0 Å². The summed E-state index contributed by atoms with van der Waals surface area (Å²) in [6.07, 6.45) is 5.57. The fraction of sp³-hybridized carbons (Fsp3) is 0.154. The van der Waals surface area contributed by atoms with E-state index < -0.39 is 0 Å². The largest absolute Gasteiger partial charge is 0.339 e. The van der Waals surface area contributed by atoms with Gasteiger partial charge in [0, 0.05) is 42.0 Å². The van der Waals surface area contributed by atoms with Gasteiger partial charge in [0.1, 0.15) is 5.65 Å². The highest BCUT2D eigenvalue weighted by Crippen LogP contribution is 2.22. The molecule has 3 aromatic heterocycles. The van der Waals surface area contributed by atoms with Gasteiger partial charge in [-0.1, -0.05) is 54.5 Å². The van der Waals surface area contributed by atoms with Crippen LogP contribution in [0.15, 0.2) is 83.6 Å². The van der Waals surface area contributed by atoms with Crippen LogP contribution >= 0.6 is 0 Å². The maximum absolute atomic E-state index is 12.4. The number of imidazole rings is 1. The molecular weight excluding hydrogens is 414 g/mol. The first-order valence-electron chi connectivity index (χ1n) is 10.9. The third-order valence-corrected chi connectivity index (χ3v) is 5.48. The molecule has 164 valence electrons. The van der Waals surface area contributed by atoms with E-state index in [-0.39, 0.29) is 12.3 Å². The Balaban J connectivity index is 1.17. The number of nitrogens with one attached hydrogen (secondary N) is 1. The number of hydrogen-bond acceptors (Lipinski definition) is 5. The fourth-order valence-corrected chi connectivity index (χ4v) is 3.61. The van der Waals surface area contributed by atoms with Crippen LogP contribution in [0.1, 0.15) is 24.8 Å². The molecule has 2 aromatic carbocycles. The summed E-state index contributed by atoms with van der Waals surface area (Å²) in [7, 11) is 0. The van der Waals surface area contributed by atoms with Crippen molar-refractivity contribution in [1.29, 1.82) is 0 Å². The zero-order valence-electron chi connectivity index (χ0n) is 18.2. The Hall–Kier alpha value is -4.26. The molecular formula is C26H23N5O2. The van der Waals surface area contributed by atoms with E-state index in [1.54, 1.807) is 0 Å². The lowest BCUT2D eigenvalue weighted by molar-refractivity contribution is -0.116. The van der Waals surface area contributed by atoms with Gasteiger partial charge >= 0.3 is 0 Å². The number of pyridine rings is 1. The number of amides is 1. The van der Waals surface area contributed by atoms with Gasteiger partial charge in [-0.3, -0.25) is 4.79 Å². The molecule has 5 rings (SSSR count). The van der Waals surface area contributed by atoms with E-state index >= 15 is 0 Å². The fourth-order valence-electron chi connectivity index (χ4n) is 3.61. The zero-order valence-corrected chi connectivity index (χ0v) is 18.2. The lowest BCUT2D eigenvalue weighted by atomic mass is 10.1. The van der Waals surface area contributed by atoms with E-state index in [2.05, 4.69) is 39.5 Å². The van der Waals surface area contributed by atoms with Gasteiger partial charge in [-0.25, -0.2) is 4.98 Å². The molecule has 0 spiro atoms. The number of nitrogens with zero attached hydrogens (tertiary/aromatic N) is 4. The van der Waals surface area contributed by atoms with Crippen molar-refractivity contribution in [3.8, 4) is 22.6 Å². The smallest absolute Gasteiger partial charge is 0.227 e. The Morgan fingerprint density at radius 1 is 0.970 bits per heavy atom. The normalized spacial score (nSPS) is 11.1. The molecule has 7 heteroatoms. The van der Waals surface area contributed by atoms with Crippen LogP contribution in [-0.2, 0) is 17.6 Å². The minimum atomic E-state index is -0.109. The zero-order chi connectivity index (χ0) is 22.6. The first-order chi connectivity index (χ1) is 16.2. The van der Waals surface area contributed by atoms with Crippen molar-refractivity contribution < 1.29 is 9.32 Å². The Kier molecular flexibility index (Phi) is 5.68. The van der Waals surface area contributed by atoms with Crippen molar-refractivity contribution in [2.45, 2.75) is 26.2 Å².